The molecule has 66 valence electrons. The van der Waals surface area contributed by atoms with E-state index in [2.05, 4.69) is 10.2 Å². The van der Waals surface area contributed by atoms with Crippen molar-refractivity contribution in [2.75, 3.05) is 0 Å². The smallest absolute Gasteiger partial charge is 0.0519 e. The number of halogens is 2. The molecule has 5 heteroatoms. The summed E-state index contributed by atoms with van der Waals surface area (Å²) in [6.07, 6.45) is 4.56. The van der Waals surface area contributed by atoms with Crippen molar-refractivity contribution >= 4 is 24.8 Å². The van der Waals surface area contributed by atoms with Crippen LogP contribution in [0.3, 0.4) is 0 Å². The fourth-order valence-corrected chi connectivity index (χ4v) is 0.761. The molecule has 0 bridgehead atoms. The fraction of sp³-hybridized carbons (Fsp3) is 0.500. The van der Waals surface area contributed by atoms with Gasteiger partial charge in [-0.2, -0.15) is 5.10 Å². The van der Waals surface area contributed by atoms with Gasteiger partial charge in [0.05, 0.1) is 6.20 Å². The maximum Gasteiger partial charge on any atom is 0.0519 e. The van der Waals surface area contributed by atoms with Crippen molar-refractivity contribution in [1.29, 1.82) is 0 Å². The minimum Gasteiger partial charge on any atom is -0.328 e. The van der Waals surface area contributed by atoms with Crippen LogP contribution in [0.2, 0.25) is 0 Å². The highest BCUT2D eigenvalue weighted by molar-refractivity contribution is 5.85. The number of hydrogen-bond acceptors (Lipinski definition) is 2. The largest absolute Gasteiger partial charge is 0.328 e. The average Bonchev–Trinajstić information content (AvgIpc) is 2.15. The van der Waals surface area contributed by atoms with Crippen LogP contribution in [-0.4, -0.2) is 16.2 Å². The van der Waals surface area contributed by atoms with Crippen LogP contribution in [0.1, 0.15) is 12.5 Å². The average molecular weight is 198 g/mol. The molecule has 0 fully saturated rings. The molecule has 1 aromatic heterocycles. The van der Waals surface area contributed by atoms with Gasteiger partial charge in [0.15, 0.2) is 0 Å². The lowest BCUT2D eigenvalue weighted by Gasteiger charge is -1.98. The van der Waals surface area contributed by atoms with E-state index in [-0.39, 0.29) is 30.9 Å². The van der Waals surface area contributed by atoms with Crippen LogP contribution >= 0.6 is 24.8 Å². The van der Waals surface area contributed by atoms with E-state index in [0.29, 0.717) is 0 Å². The van der Waals surface area contributed by atoms with Gasteiger partial charge in [-0.3, -0.25) is 5.10 Å². The van der Waals surface area contributed by atoms with Crippen molar-refractivity contribution in [2.45, 2.75) is 19.4 Å². The molecule has 0 spiro atoms. The maximum atomic E-state index is 5.54. The molecule has 1 rings (SSSR count). The zero-order chi connectivity index (χ0) is 6.69. The van der Waals surface area contributed by atoms with Gasteiger partial charge in [0.2, 0.25) is 0 Å². The predicted molar refractivity (Wildman–Crippen MR) is 50.4 cm³/mol. The summed E-state index contributed by atoms with van der Waals surface area (Å²) in [5.41, 5.74) is 6.71. The molecule has 3 N–H and O–H groups in total. The highest BCUT2D eigenvalue weighted by Gasteiger charge is 1.96. The van der Waals surface area contributed by atoms with Gasteiger partial charge in [-0.25, -0.2) is 0 Å². The predicted octanol–water partition coefficient (Wildman–Crippen LogP) is 1.14. The number of nitrogens with two attached hydrogens (primary N) is 1. The summed E-state index contributed by atoms with van der Waals surface area (Å²) >= 11 is 0. The quantitative estimate of drug-likeness (QED) is 0.748. The second kappa shape index (κ2) is 6.46. The normalized spacial score (nSPS) is 11.1. The zero-order valence-corrected chi connectivity index (χ0v) is 7.91. The van der Waals surface area contributed by atoms with Crippen LogP contribution in [0.5, 0.6) is 0 Å². The summed E-state index contributed by atoms with van der Waals surface area (Å²) in [5, 5.41) is 6.52. The molecule has 3 nitrogen and oxygen atoms in total. The van der Waals surface area contributed by atoms with Crippen molar-refractivity contribution < 1.29 is 0 Å². The third kappa shape index (κ3) is 5.07. The van der Waals surface area contributed by atoms with Gasteiger partial charge in [0.25, 0.3) is 0 Å². The summed E-state index contributed by atoms with van der Waals surface area (Å²) in [6.45, 7) is 1.98. The molecule has 0 aromatic carbocycles. The Hall–Kier alpha value is -0.250. The third-order valence-electron chi connectivity index (χ3n) is 1.11. The van der Waals surface area contributed by atoms with E-state index in [1.165, 1.54) is 5.56 Å². The Morgan fingerprint density at radius 3 is 2.64 bits per heavy atom. The molecule has 11 heavy (non-hydrogen) atoms. The van der Waals surface area contributed by atoms with Crippen molar-refractivity contribution in [3.05, 3.63) is 18.0 Å². The second-order valence-corrected chi connectivity index (χ2v) is 2.29. The number of aromatic amines is 1. The Morgan fingerprint density at radius 2 is 2.27 bits per heavy atom. The van der Waals surface area contributed by atoms with Gasteiger partial charge in [-0.1, -0.05) is 0 Å². The van der Waals surface area contributed by atoms with Crippen LogP contribution in [-0.2, 0) is 6.42 Å². The Kier molecular flexibility index (Phi) is 7.84. The summed E-state index contributed by atoms with van der Waals surface area (Å²) in [7, 11) is 0. The maximum absolute atomic E-state index is 5.54. The number of aromatic nitrogens is 2. The van der Waals surface area contributed by atoms with Gasteiger partial charge in [0, 0.05) is 12.2 Å². The first kappa shape index (κ1) is 13.3. The van der Waals surface area contributed by atoms with Gasteiger partial charge in [-0.15, -0.1) is 24.8 Å². The third-order valence-corrected chi connectivity index (χ3v) is 1.11. The van der Waals surface area contributed by atoms with Crippen LogP contribution in [0.4, 0.5) is 0 Å². The molecular weight excluding hydrogens is 185 g/mol. The first-order valence-corrected chi connectivity index (χ1v) is 3.02. The highest BCUT2D eigenvalue weighted by Crippen LogP contribution is 1.96. The molecule has 1 heterocycles. The van der Waals surface area contributed by atoms with Crippen molar-refractivity contribution in [3.8, 4) is 0 Å². The van der Waals surface area contributed by atoms with E-state index >= 15 is 0 Å². The Balaban J connectivity index is 0. The second-order valence-electron chi connectivity index (χ2n) is 2.29. The molecule has 0 saturated heterocycles. The number of hydrogen-bond donors (Lipinski definition) is 2. The van der Waals surface area contributed by atoms with Gasteiger partial charge < -0.3 is 5.73 Å². The molecule has 0 aliphatic heterocycles. The van der Waals surface area contributed by atoms with Crippen molar-refractivity contribution in [3.63, 3.8) is 0 Å². The first-order chi connectivity index (χ1) is 4.29. The molecule has 0 radical (unpaired) electrons. The summed E-state index contributed by atoms with van der Waals surface area (Å²) in [6, 6.07) is 0.225. The number of nitrogens with zero attached hydrogens (tertiary/aromatic N) is 1. The molecule has 0 aliphatic rings. The SMILES string of the molecule is C[C@@H](N)Cc1cn[nH]c1.Cl.Cl. The monoisotopic (exact) mass is 197 g/mol. The van der Waals surface area contributed by atoms with Crippen LogP contribution in [0, 0.1) is 0 Å². The lowest BCUT2D eigenvalue weighted by Crippen LogP contribution is -2.17. The lowest BCUT2D eigenvalue weighted by molar-refractivity contribution is 0.738. The van der Waals surface area contributed by atoms with Crippen LogP contribution in [0.25, 0.3) is 0 Å². The number of nitrogens with one attached hydrogen (secondary N) is 1. The van der Waals surface area contributed by atoms with E-state index in [4.69, 9.17) is 5.73 Å². The standard InChI is InChI=1S/C6H11N3.2ClH/c1-5(7)2-6-3-8-9-4-6;;/h3-5H,2,7H2,1H3,(H,8,9);2*1H/t5-;;/m1../s1. The van der Waals surface area contributed by atoms with Crippen LogP contribution < -0.4 is 5.73 Å². The first-order valence-electron chi connectivity index (χ1n) is 3.02. The van der Waals surface area contributed by atoms with Gasteiger partial charge in [-0.05, 0) is 18.9 Å². The summed E-state index contributed by atoms with van der Waals surface area (Å²) in [5.74, 6) is 0. The minimum atomic E-state index is 0. The number of rotatable bonds is 2. The van der Waals surface area contributed by atoms with Crippen molar-refractivity contribution in [1.82, 2.24) is 10.2 Å². The topological polar surface area (TPSA) is 54.7 Å². The summed E-state index contributed by atoms with van der Waals surface area (Å²) in [4.78, 5) is 0. The molecular formula is C6H13Cl2N3. The molecule has 0 amide bonds. The zero-order valence-electron chi connectivity index (χ0n) is 6.28. The van der Waals surface area contributed by atoms with Gasteiger partial charge >= 0.3 is 0 Å². The Morgan fingerprint density at radius 1 is 1.64 bits per heavy atom. The molecule has 1 atom stereocenters. The van der Waals surface area contributed by atoms with E-state index in [9.17, 15) is 0 Å². The molecule has 0 unspecified atom stereocenters. The fourth-order valence-electron chi connectivity index (χ4n) is 0.761. The molecule has 0 saturated carbocycles. The molecule has 1 aromatic rings. The summed E-state index contributed by atoms with van der Waals surface area (Å²) < 4.78 is 0. The van der Waals surface area contributed by atoms with E-state index in [1.54, 1.807) is 6.20 Å². The van der Waals surface area contributed by atoms with E-state index in [1.807, 2.05) is 13.1 Å². The van der Waals surface area contributed by atoms with Gasteiger partial charge in [0.1, 0.15) is 0 Å². The van der Waals surface area contributed by atoms with E-state index in [0.717, 1.165) is 6.42 Å². The molecule has 0 aliphatic carbocycles. The Bertz CT molecular complexity index is 162. The number of H-pyrrole nitrogens is 1. The highest BCUT2D eigenvalue weighted by atomic mass is 35.5. The Labute approximate surface area is 78.6 Å². The minimum absolute atomic E-state index is 0. The lowest BCUT2D eigenvalue weighted by atomic mass is 10.2. The van der Waals surface area contributed by atoms with E-state index < -0.39 is 0 Å². The van der Waals surface area contributed by atoms with Crippen molar-refractivity contribution in [2.24, 2.45) is 5.73 Å². The van der Waals surface area contributed by atoms with Crippen LogP contribution in [0.15, 0.2) is 12.4 Å².